The van der Waals surface area contributed by atoms with Gasteiger partial charge in [0.25, 0.3) is 0 Å². The van der Waals surface area contributed by atoms with Gasteiger partial charge in [-0.15, -0.1) is 0 Å². The van der Waals surface area contributed by atoms with E-state index in [1.165, 1.54) is 0 Å². The number of carbonyl (C=O) groups is 2. The standard InChI is InChI=1S/C13H16O3/c1-10(2)6-7-13(15)16-12-5-3-4-11(8-12)9-14/h3-5,8-10H,6-7H2,1-2H3. The molecule has 3 heteroatoms. The third-order valence-electron chi connectivity index (χ3n) is 2.15. The van der Waals surface area contributed by atoms with Crippen LogP contribution in [0.15, 0.2) is 24.3 Å². The van der Waals surface area contributed by atoms with E-state index in [9.17, 15) is 9.59 Å². The van der Waals surface area contributed by atoms with Crippen molar-refractivity contribution in [2.24, 2.45) is 5.92 Å². The topological polar surface area (TPSA) is 43.4 Å². The lowest BCUT2D eigenvalue weighted by Crippen LogP contribution is -2.09. The zero-order chi connectivity index (χ0) is 12.0. The Kier molecular flexibility index (Phi) is 4.70. The second-order valence-corrected chi connectivity index (χ2v) is 4.10. The molecule has 1 aromatic carbocycles. The van der Waals surface area contributed by atoms with Crippen molar-refractivity contribution in [3.8, 4) is 5.75 Å². The van der Waals surface area contributed by atoms with Gasteiger partial charge in [-0.3, -0.25) is 9.59 Å². The zero-order valence-corrected chi connectivity index (χ0v) is 9.60. The largest absolute Gasteiger partial charge is 0.427 e. The number of benzene rings is 1. The smallest absolute Gasteiger partial charge is 0.311 e. The Morgan fingerprint density at radius 1 is 1.44 bits per heavy atom. The predicted molar refractivity (Wildman–Crippen MR) is 61.5 cm³/mol. The van der Waals surface area contributed by atoms with E-state index in [2.05, 4.69) is 13.8 Å². The van der Waals surface area contributed by atoms with Crippen LogP contribution in [0.1, 0.15) is 37.0 Å². The lowest BCUT2D eigenvalue weighted by Gasteiger charge is -2.06. The first-order chi connectivity index (χ1) is 7.61. The molecule has 0 fully saturated rings. The number of aldehydes is 1. The summed E-state index contributed by atoms with van der Waals surface area (Å²) in [5.41, 5.74) is 0.508. The number of rotatable bonds is 5. The van der Waals surface area contributed by atoms with Crippen LogP contribution in [-0.2, 0) is 4.79 Å². The summed E-state index contributed by atoms with van der Waals surface area (Å²) < 4.78 is 5.11. The molecule has 0 amide bonds. The van der Waals surface area contributed by atoms with E-state index < -0.39 is 0 Å². The Labute approximate surface area is 95.4 Å². The van der Waals surface area contributed by atoms with Gasteiger partial charge in [0.2, 0.25) is 0 Å². The highest BCUT2D eigenvalue weighted by molar-refractivity contribution is 5.77. The second kappa shape index (κ2) is 6.05. The molecule has 3 nitrogen and oxygen atoms in total. The van der Waals surface area contributed by atoms with Gasteiger partial charge < -0.3 is 4.74 Å². The average Bonchev–Trinajstić information content (AvgIpc) is 2.26. The van der Waals surface area contributed by atoms with Crippen molar-refractivity contribution < 1.29 is 14.3 Å². The number of hydrogen-bond donors (Lipinski definition) is 0. The third-order valence-corrected chi connectivity index (χ3v) is 2.15. The van der Waals surface area contributed by atoms with Gasteiger partial charge in [0.05, 0.1) is 0 Å². The van der Waals surface area contributed by atoms with E-state index in [-0.39, 0.29) is 5.97 Å². The van der Waals surface area contributed by atoms with Crippen molar-refractivity contribution in [3.05, 3.63) is 29.8 Å². The summed E-state index contributed by atoms with van der Waals surface area (Å²) >= 11 is 0. The maximum atomic E-state index is 11.4. The van der Waals surface area contributed by atoms with Crippen molar-refractivity contribution in [2.45, 2.75) is 26.7 Å². The minimum atomic E-state index is -0.253. The summed E-state index contributed by atoms with van der Waals surface area (Å²) in [6, 6.07) is 6.58. The first kappa shape index (κ1) is 12.4. The second-order valence-electron chi connectivity index (χ2n) is 4.10. The molecule has 0 saturated heterocycles. The molecule has 0 aromatic heterocycles. The monoisotopic (exact) mass is 220 g/mol. The summed E-state index contributed by atoms with van der Waals surface area (Å²) in [6.07, 6.45) is 1.95. The molecular formula is C13H16O3. The molecule has 1 rings (SSSR count). The van der Waals surface area contributed by atoms with E-state index in [1.807, 2.05) is 0 Å². The highest BCUT2D eigenvalue weighted by Crippen LogP contribution is 2.14. The number of hydrogen-bond acceptors (Lipinski definition) is 3. The van der Waals surface area contributed by atoms with Crippen LogP contribution in [0.2, 0.25) is 0 Å². The Hall–Kier alpha value is -1.64. The van der Waals surface area contributed by atoms with Crippen molar-refractivity contribution in [1.29, 1.82) is 0 Å². The Morgan fingerprint density at radius 3 is 2.81 bits per heavy atom. The molecule has 0 heterocycles. The molecular weight excluding hydrogens is 204 g/mol. The van der Waals surface area contributed by atoms with Crippen LogP contribution in [0.5, 0.6) is 5.75 Å². The normalized spacial score (nSPS) is 10.2. The zero-order valence-electron chi connectivity index (χ0n) is 9.60. The Balaban J connectivity index is 2.52. The molecule has 0 spiro atoms. The molecule has 0 radical (unpaired) electrons. The van der Waals surface area contributed by atoms with Crippen molar-refractivity contribution >= 4 is 12.3 Å². The minimum Gasteiger partial charge on any atom is -0.427 e. The highest BCUT2D eigenvalue weighted by atomic mass is 16.5. The van der Waals surface area contributed by atoms with E-state index in [1.54, 1.807) is 24.3 Å². The number of ether oxygens (including phenoxy) is 1. The average molecular weight is 220 g/mol. The molecule has 0 bridgehead atoms. The maximum absolute atomic E-state index is 11.4. The molecule has 0 aliphatic heterocycles. The molecule has 86 valence electrons. The van der Waals surface area contributed by atoms with Crippen LogP contribution in [0, 0.1) is 5.92 Å². The van der Waals surface area contributed by atoms with Crippen LogP contribution in [0.3, 0.4) is 0 Å². The van der Waals surface area contributed by atoms with Crippen LogP contribution >= 0.6 is 0 Å². The van der Waals surface area contributed by atoms with Crippen molar-refractivity contribution in [2.75, 3.05) is 0 Å². The van der Waals surface area contributed by atoms with Gasteiger partial charge in [-0.25, -0.2) is 0 Å². The highest BCUT2D eigenvalue weighted by Gasteiger charge is 2.06. The quantitative estimate of drug-likeness (QED) is 0.435. The van der Waals surface area contributed by atoms with Gasteiger partial charge >= 0.3 is 5.97 Å². The molecule has 0 aliphatic carbocycles. The summed E-state index contributed by atoms with van der Waals surface area (Å²) in [7, 11) is 0. The van der Waals surface area contributed by atoms with E-state index in [0.29, 0.717) is 23.7 Å². The van der Waals surface area contributed by atoms with E-state index >= 15 is 0 Å². The summed E-state index contributed by atoms with van der Waals surface area (Å²) in [5.74, 6) is 0.656. The fourth-order valence-electron chi connectivity index (χ4n) is 1.24. The van der Waals surface area contributed by atoms with Gasteiger partial charge in [-0.2, -0.15) is 0 Å². The first-order valence-corrected chi connectivity index (χ1v) is 5.37. The minimum absolute atomic E-state index is 0.253. The Bertz CT molecular complexity index is 369. The summed E-state index contributed by atoms with van der Waals surface area (Å²) in [4.78, 5) is 21.9. The van der Waals surface area contributed by atoms with Gasteiger partial charge in [0, 0.05) is 12.0 Å². The predicted octanol–water partition coefficient (Wildman–Crippen LogP) is 2.84. The third kappa shape index (κ3) is 4.26. The van der Waals surface area contributed by atoms with E-state index in [0.717, 1.165) is 12.7 Å². The van der Waals surface area contributed by atoms with Gasteiger partial charge in [-0.1, -0.05) is 26.0 Å². The number of carbonyl (C=O) groups excluding carboxylic acids is 2. The molecule has 1 aromatic rings. The molecule has 0 atom stereocenters. The fraction of sp³-hybridized carbons (Fsp3) is 0.385. The lowest BCUT2D eigenvalue weighted by molar-refractivity contribution is -0.134. The molecule has 16 heavy (non-hydrogen) atoms. The van der Waals surface area contributed by atoms with Crippen LogP contribution < -0.4 is 4.74 Å². The van der Waals surface area contributed by atoms with Crippen LogP contribution in [0.4, 0.5) is 0 Å². The molecule has 0 N–H and O–H groups in total. The molecule has 0 aliphatic rings. The molecule has 0 unspecified atom stereocenters. The van der Waals surface area contributed by atoms with Crippen molar-refractivity contribution in [1.82, 2.24) is 0 Å². The van der Waals surface area contributed by atoms with Gasteiger partial charge in [0.15, 0.2) is 0 Å². The first-order valence-electron chi connectivity index (χ1n) is 5.37. The molecule has 0 saturated carbocycles. The van der Waals surface area contributed by atoms with E-state index in [4.69, 9.17) is 4.74 Å². The number of esters is 1. The SMILES string of the molecule is CC(C)CCC(=O)Oc1cccc(C=O)c1. The fourth-order valence-corrected chi connectivity index (χ4v) is 1.24. The van der Waals surface area contributed by atoms with Crippen LogP contribution in [-0.4, -0.2) is 12.3 Å². The van der Waals surface area contributed by atoms with Crippen LogP contribution in [0.25, 0.3) is 0 Å². The lowest BCUT2D eigenvalue weighted by atomic mass is 10.1. The van der Waals surface area contributed by atoms with Gasteiger partial charge in [0.1, 0.15) is 12.0 Å². The summed E-state index contributed by atoms with van der Waals surface area (Å²) in [5, 5.41) is 0. The maximum Gasteiger partial charge on any atom is 0.311 e. The summed E-state index contributed by atoms with van der Waals surface area (Å²) in [6.45, 7) is 4.11. The van der Waals surface area contributed by atoms with Gasteiger partial charge in [-0.05, 0) is 24.5 Å². The van der Waals surface area contributed by atoms with Crippen molar-refractivity contribution in [3.63, 3.8) is 0 Å². The Morgan fingerprint density at radius 2 is 2.19 bits per heavy atom.